The number of sulfonamides is 1. The van der Waals surface area contributed by atoms with Crippen LogP contribution in [0.4, 0.5) is 10.5 Å². The zero-order valence-corrected chi connectivity index (χ0v) is 16.0. The van der Waals surface area contributed by atoms with Crippen LogP contribution in [0.15, 0.2) is 6.07 Å². The van der Waals surface area contributed by atoms with Crippen molar-refractivity contribution in [2.75, 3.05) is 25.2 Å². The van der Waals surface area contributed by atoms with E-state index >= 15 is 0 Å². The van der Waals surface area contributed by atoms with Crippen LogP contribution in [0.2, 0.25) is 0 Å². The normalized spacial score (nSPS) is 15.3. The fourth-order valence-electron chi connectivity index (χ4n) is 3.74. The summed E-state index contributed by atoms with van der Waals surface area (Å²) in [6.07, 6.45) is 5.77. The van der Waals surface area contributed by atoms with Gasteiger partial charge in [0.25, 0.3) is 0 Å². The Hall–Kier alpha value is -2.09. The molecule has 0 aliphatic heterocycles. The first-order valence-corrected chi connectivity index (χ1v) is 10.6. The van der Waals surface area contributed by atoms with Gasteiger partial charge in [-0.3, -0.25) is 4.79 Å². The first kappa shape index (κ1) is 18.7. The molecular weight excluding hydrogens is 354 g/mol. The third-order valence-corrected chi connectivity index (χ3v) is 6.28. The molecule has 0 radical (unpaired) electrons. The second-order valence-electron chi connectivity index (χ2n) is 7.15. The fraction of sp³-hybridized carbons (Fsp3) is 0.556. The Labute approximate surface area is 154 Å². The summed E-state index contributed by atoms with van der Waals surface area (Å²) in [5.74, 6) is -0.711. The van der Waals surface area contributed by atoms with E-state index in [1.165, 1.54) is 16.0 Å². The molecule has 1 aromatic carbocycles. The number of urea groups is 1. The molecule has 2 aliphatic rings. The van der Waals surface area contributed by atoms with Crippen molar-refractivity contribution in [1.29, 1.82) is 0 Å². The highest BCUT2D eigenvalue weighted by atomic mass is 32.2. The lowest BCUT2D eigenvalue weighted by molar-refractivity contribution is -0.128. The van der Waals surface area contributed by atoms with Gasteiger partial charge in [0.1, 0.15) is 0 Å². The Bertz CT molecular complexity index is 814. The summed E-state index contributed by atoms with van der Waals surface area (Å²) in [4.78, 5) is 25.2. The van der Waals surface area contributed by atoms with Crippen molar-refractivity contribution >= 4 is 27.6 Å². The van der Waals surface area contributed by atoms with E-state index in [2.05, 4.69) is 11.4 Å². The van der Waals surface area contributed by atoms with Crippen LogP contribution in [0.5, 0.6) is 0 Å². The molecule has 1 aromatic rings. The molecule has 142 valence electrons. The van der Waals surface area contributed by atoms with Gasteiger partial charge in [0.15, 0.2) is 0 Å². The number of nitrogens with one attached hydrogen (secondary N) is 2. The third kappa shape index (κ3) is 4.00. The largest absolute Gasteiger partial charge is 0.349 e. The second-order valence-corrected chi connectivity index (χ2v) is 8.99. The van der Waals surface area contributed by atoms with Crippen molar-refractivity contribution in [1.82, 2.24) is 9.62 Å². The molecule has 0 saturated heterocycles. The molecule has 0 fully saturated rings. The van der Waals surface area contributed by atoms with E-state index in [0.717, 1.165) is 55.3 Å². The van der Waals surface area contributed by atoms with Crippen molar-refractivity contribution in [3.05, 3.63) is 28.3 Å². The summed E-state index contributed by atoms with van der Waals surface area (Å²) < 4.78 is 26.2. The van der Waals surface area contributed by atoms with Crippen molar-refractivity contribution < 1.29 is 18.0 Å². The van der Waals surface area contributed by atoms with Gasteiger partial charge < -0.3 is 10.2 Å². The summed E-state index contributed by atoms with van der Waals surface area (Å²) in [6, 6.07) is 1.49. The topological polar surface area (TPSA) is 95.6 Å². The number of benzene rings is 1. The smallest absolute Gasteiger partial charge is 0.332 e. The number of hydrogen-bond donors (Lipinski definition) is 2. The Balaban J connectivity index is 1.70. The highest BCUT2D eigenvalue weighted by Gasteiger charge is 2.26. The van der Waals surface area contributed by atoms with Gasteiger partial charge >= 0.3 is 6.03 Å². The van der Waals surface area contributed by atoms with Gasteiger partial charge in [-0.15, -0.1) is 0 Å². The van der Waals surface area contributed by atoms with Crippen molar-refractivity contribution in [3.63, 3.8) is 0 Å². The molecule has 0 heterocycles. The number of fused-ring (bicyclic) bond motifs is 2. The molecule has 7 nitrogen and oxygen atoms in total. The highest BCUT2D eigenvalue weighted by molar-refractivity contribution is 7.90. The van der Waals surface area contributed by atoms with E-state index in [1.54, 1.807) is 14.1 Å². The Morgan fingerprint density at radius 3 is 2.15 bits per heavy atom. The first-order chi connectivity index (χ1) is 12.3. The van der Waals surface area contributed by atoms with E-state index in [0.29, 0.717) is 0 Å². The summed E-state index contributed by atoms with van der Waals surface area (Å²) in [6.45, 7) is 0. The fourth-order valence-corrected chi connectivity index (χ4v) is 4.62. The molecule has 8 heteroatoms. The molecule has 0 spiro atoms. The van der Waals surface area contributed by atoms with Crippen molar-refractivity contribution in [3.8, 4) is 0 Å². The van der Waals surface area contributed by atoms with Gasteiger partial charge in [-0.25, -0.2) is 17.9 Å². The minimum Gasteiger partial charge on any atom is -0.349 e. The molecule has 0 saturated carbocycles. The minimum absolute atomic E-state index is 0.161. The molecule has 3 rings (SSSR count). The summed E-state index contributed by atoms with van der Waals surface area (Å²) in [5, 5.41) is 2.78. The van der Waals surface area contributed by atoms with Crippen molar-refractivity contribution in [2.24, 2.45) is 0 Å². The standard InChI is InChI=1S/C18H25N3O4S/c1-21(2)16(22)9-10-26(24,25)20-18(23)19-17-14-7-3-5-12(14)11-13-6-4-8-15(13)17/h11H,3-10H2,1-2H3,(H2,19,20,23). The Morgan fingerprint density at radius 1 is 1.04 bits per heavy atom. The maximum atomic E-state index is 12.3. The van der Waals surface area contributed by atoms with Crippen LogP contribution in [0.25, 0.3) is 0 Å². The van der Waals surface area contributed by atoms with Crippen molar-refractivity contribution in [2.45, 2.75) is 44.9 Å². The molecule has 3 amide bonds. The van der Waals surface area contributed by atoms with Gasteiger partial charge in [0.2, 0.25) is 15.9 Å². The van der Waals surface area contributed by atoms with Crippen LogP contribution in [-0.4, -0.2) is 45.1 Å². The third-order valence-electron chi connectivity index (χ3n) is 5.04. The predicted molar refractivity (Wildman–Crippen MR) is 99.7 cm³/mol. The summed E-state index contributed by atoms with van der Waals surface area (Å²) >= 11 is 0. The zero-order valence-electron chi connectivity index (χ0n) is 15.2. The number of hydrogen-bond acceptors (Lipinski definition) is 4. The average molecular weight is 379 g/mol. The number of rotatable bonds is 5. The number of amides is 3. The second kappa shape index (κ2) is 7.26. The van der Waals surface area contributed by atoms with Gasteiger partial charge in [0.05, 0.1) is 5.75 Å². The molecule has 0 unspecified atom stereocenters. The SMILES string of the molecule is CN(C)C(=O)CCS(=O)(=O)NC(=O)Nc1c2c(cc3c1CCC3)CCC2. The number of carbonyl (C=O) groups excluding carboxylic acids is 2. The first-order valence-electron chi connectivity index (χ1n) is 8.95. The van der Waals surface area contributed by atoms with Crippen LogP contribution in [0.1, 0.15) is 41.5 Å². The van der Waals surface area contributed by atoms with Crippen LogP contribution in [-0.2, 0) is 40.5 Å². The van der Waals surface area contributed by atoms with Gasteiger partial charge in [-0.2, -0.15) is 0 Å². The average Bonchev–Trinajstić information content (AvgIpc) is 3.20. The van der Waals surface area contributed by atoms with E-state index in [1.807, 2.05) is 4.72 Å². The monoisotopic (exact) mass is 379 g/mol. The van der Waals surface area contributed by atoms with Crippen LogP contribution < -0.4 is 10.0 Å². The lowest BCUT2D eigenvalue weighted by Crippen LogP contribution is -2.37. The Kier molecular flexibility index (Phi) is 5.22. The van der Waals surface area contributed by atoms with Crippen LogP contribution in [0, 0.1) is 0 Å². The maximum absolute atomic E-state index is 12.3. The van der Waals surface area contributed by atoms with E-state index < -0.39 is 21.8 Å². The summed E-state index contributed by atoms with van der Waals surface area (Å²) in [5.41, 5.74) is 5.60. The molecule has 26 heavy (non-hydrogen) atoms. The Morgan fingerprint density at radius 2 is 1.62 bits per heavy atom. The van der Waals surface area contributed by atoms with E-state index in [9.17, 15) is 18.0 Å². The number of carbonyl (C=O) groups is 2. The zero-order chi connectivity index (χ0) is 18.9. The minimum atomic E-state index is -3.87. The maximum Gasteiger partial charge on any atom is 0.332 e. The van der Waals surface area contributed by atoms with Crippen LogP contribution in [0.3, 0.4) is 0 Å². The predicted octanol–water partition coefficient (Wildman–Crippen LogP) is 1.59. The molecule has 0 bridgehead atoms. The van der Waals surface area contributed by atoms with Crippen LogP contribution >= 0.6 is 0 Å². The number of anilines is 1. The van der Waals surface area contributed by atoms with Gasteiger partial charge in [0, 0.05) is 26.2 Å². The lowest BCUT2D eigenvalue weighted by atomic mass is 9.99. The van der Waals surface area contributed by atoms with Gasteiger partial charge in [-0.1, -0.05) is 6.07 Å². The van der Waals surface area contributed by atoms with E-state index in [4.69, 9.17) is 0 Å². The quantitative estimate of drug-likeness (QED) is 0.812. The molecular formula is C18H25N3O4S. The molecule has 0 atom stereocenters. The summed E-state index contributed by atoms with van der Waals surface area (Å²) in [7, 11) is -0.745. The molecule has 2 N–H and O–H groups in total. The molecule has 0 aromatic heterocycles. The number of aryl methyl sites for hydroxylation is 2. The molecule has 2 aliphatic carbocycles. The highest BCUT2D eigenvalue weighted by Crippen LogP contribution is 2.38. The number of nitrogens with zero attached hydrogens (tertiary/aromatic N) is 1. The van der Waals surface area contributed by atoms with Gasteiger partial charge in [-0.05, 0) is 60.8 Å². The lowest BCUT2D eigenvalue weighted by Gasteiger charge is -2.16. The van der Waals surface area contributed by atoms with E-state index in [-0.39, 0.29) is 12.3 Å².